The minimum atomic E-state index is 0.449. The lowest BCUT2D eigenvalue weighted by atomic mass is 9.98. The SMILES string of the molecule is Cc1cc(C)cc(C(C)NC2CC=CCC2)c1. The Bertz CT molecular complexity index is 386. The standard InChI is InChI=1S/C16H23N/c1-12-9-13(2)11-15(10-12)14(3)17-16-7-5-4-6-8-16/h4-5,9-11,14,16-17H,6-8H2,1-3H3. The maximum Gasteiger partial charge on any atom is 0.0294 e. The van der Waals surface area contributed by atoms with E-state index in [4.69, 9.17) is 0 Å². The first kappa shape index (κ1) is 12.4. The molecule has 1 aliphatic carbocycles. The van der Waals surface area contributed by atoms with Crippen LogP contribution in [0.25, 0.3) is 0 Å². The number of hydrogen-bond acceptors (Lipinski definition) is 1. The number of nitrogens with one attached hydrogen (secondary N) is 1. The zero-order valence-corrected chi connectivity index (χ0v) is 11.2. The number of rotatable bonds is 3. The van der Waals surface area contributed by atoms with Crippen molar-refractivity contribution in [1.29, 1.82) is 0 Å². The third-order valence-electron chi connectivity index (χ3n) is 3.50. The minimum absolute atomic E-state index is 0.449. The molecule has 2 rings (SSSR count). The molecule has 1 heteroatoms. The van der Waals surface area contributed by atoms with Gasteiger partial charge in [-0.25, -0.2) is 0 Å². The third kappa shape index (κ3) is 3.44. The van der Waals surface area contributed by atoms with Gasteiger partial charge in [-0.05, 0) is 45.6 Å². The van der Waals surface area contributed by atoms with Crippen molar-refractivity contribution in [2.45, 2.75) is 52.1 Å². The minimum Gasteiger partial charge on any atom is -0.307 e. The van der Waals surface area contributed by atoms with Gasteiger partial charge in [0.2, 0.25) is 0 Å². The number of aryl methyl sites for hydroxylation is 2. The van der Waals surface area contributed by atoms with Crippen molar-refractivity contribution in [1.82, 2.24) is 5.32 Å². The molecule has 1 aliphatic rings. The lowest BCUT2D eigenvalue weighted by Gasteiger charge is -2.25. The predicted molar refractivity (Wildman–Crippen MR) is 74.2 cm³/mol. The Morgan fingerprint density at radius 1 is 1.12 bits per heavy atom. The second-order valence-electron chi connectivity index (χ2n) is 5.29. The van der Waals surface area contributed by atoms with Gasteiger partial charge in [0.25, 0.3) is 0 Å². The van der Waals surface area contributed by atoms with Crippen LogP contribution in [0, 0.1) is 13.8 Å². The normalized spacial score (nSPS) is 21.5. The zero-order valence-electron chi connectivity index (χ0n) is 11.2. The van der Waals surface area contributed by atoms with Gasteiger partial charge in [0.1, 0.15) is 0 Å². The van der Waals surface area contributed by atoms with E-state index in [2.05, 4.69) is 56.4 Å². The van der Waals surface area contributed by atoms with Crippen LogP contribution in [0.3, 0.4) is 0 Å². The Balaban J connectivity index is 2.03. The number of allylic oxidation sites excluding steroid dienone is 1. The van der Waals surface area contributed by atoms with E-state index in [9.17, 15) is 0 Å². The van der Waals surface area contributed by atoms with Crippen molar-refractivity contribution in [2.75, 3.05) is 0 Å². The molecule has 0 aliphatic heterocycles. The van der Waals surface area contributed by atoms with Crippen molar-refractivity contribution in [2.24, 2.45) is 0 Å². The highest BCUT2D eigenvalue weighted by Crippen LogP contribution is 2.20. The molecule has 92 valence electrons. The van der Waals surface area contributed by atoms with Crippen LogP contribution in [0.1, 0.15) is 48.9 Å². The van der Waals surface area contributed by atoms with E-state index < -0.39 is 0 Å². The van der Waals surface area contributed by atoms with Gasteiger partial charge in [0.15, 0.2) is 0 Å². The van der Waals surface area contributed by atoms with Crippen molar-refractivity contribution >= 4 is 0 Å². The van der Waals surface area contributed by atoms with Gasteiger partial charge in [-0.15, -0.1) is 0 Å². The van der Waals surface area contributed by atoms with Crippen LogP contribution in [0.2, 0.25) is 0 Å². The van der Waals surface area contributed by atoms with Crippen molar-refractivity contribution in [3.63, 3.8) is 0 Å². The molecule has 0 saturated heterocycles. The van der Waals surface area contributed by atoms with E-state index in [0.717, 1.165) is 0 Å². The molecule has 0 radical (unpaired) electrons. The fourth-order valence-electron chi connectivity index (χ4n) is 2.65. The average Bonchev–Trinajstić information content (AvgIpc) is 2.29. The van der Waals surface area contributed by atoms with Gasteiger partial charge in [0.05, 0.1) is 0 Å². The summed E-state index contributed by atoms with van der Waals surface area (Å²) in [6.45, 7) is 6.62. The molecule has 0 bridgehead atoms. The van der Waals surface area contributed by atoms with Crippen LogP contribution in [0.5, 0.6) is 0 Å². The Labute approximate surface area is 105 Å². The summed E-state index contributed by atoms with van der Waals surface area (Å²) in [7, 11) is 0. The summed E-state index contributed by atoms with van der Waals surface area (Å²) in [5.41, 5.74) is 4.13. The van der Waals surface area contributed by atoms with E-state index in [1.165, 1.54) is 36.0 Å². The molecular formula is C16H23N. The number of hydrogen-bond donors (Lipinski definition) is 1. The highest BCUT2D eigenvalue weighted by Gasteiger charge is 2.14. The first-order chi connectivity index (χ1) is 8.15. The molecule has 0 aromatic heterocycles. The van der Waals surface area contributed by atoms with Gasteiger partial charge >= 0.3 is 0 Å². The second kappa shape index (κ2) is 5.50. The molecular weight excluding hydrogens is 206 g/mol. The molecule has 0 spiro atoms. The van der Waals surface area contributed by atoms with E-state index in [1.54, 1.807) is 0 Å². The zero-order chi connectivity index (χ0) is 12.3. The fourth-order valence-corrected chi connectivity index (χ4v) is 2.65. The van der Waals surface area contributed by atoms with E-state index in [1.807, 2.05) is 0 Å². The average molecular weight is 229 g/mol. The van der Waals surface area contributed by atoms with Crippen molar-refractivity contribution < 1.29 is 0 Å². The van der Waals surface area contributed by atoms with E-state index >= 15 is 0 Å². The highest BCUT2D eigenvalue weighted by atomic mass is 14.9. The van der Waals surface area contributed by atoms with Gasteiger partial charge in [0, 0.05) is 12.1 Å². The highest BCUT2D eigenvalue weighted by molar-refractivity contribution is 5.30. The first-order valence-corrected chi connectivity index (χ1v) is 6.64. The van der Waals surface area contributed by atoms with Gasteiger partial charge < -0.3 is 5.32 Å². The summed E-state index contributed by atoms with van der Waals surface area (Å²) in [5, 5.41) is 3.74. The molecule has 1 aromatic rings. The molecule has 1 N–H and O–H groups in total. The third-order valence-corrected chi connectivity index (χ3v) is 3.50. The Kier molecular flexibility index (Phi) is 4.01. The summed E-state index contributed by atoms with van der Waals surface area (Å²) >= 11 is 0. The lowest BCUT2D eigenvalue weighted by Crippen LogP contribution is -2.32. The second-order valence-corrected chi connectivity index (χ2v) is 5.29. The summed E-state index contributed by atoms with van der Waals surface area (Å²) in [6, 6.07) is 7.92. The van der Waals surface area contributed by atoms with E-state index in [0.29, 0.717) is 12.1 Å². The molecule has 17 heavy (non-hydrogen) atoms. The molecule has 2 unspecified atom stereocenters. The van der Waals surface area contributed by atoms with Crippen LogP contribution >= 0.6 is 0 Å². The van der Waals surface area contributed by atoms with Gasteiger partial charge in [-0.2, -0.15) is 0 Å². The Morgan fingerprint density at radius 3 is 2.41 bits per heavy atom. The van der Waals surface area contributed by atoms with Gasteiger partial charge in [-0.3, -0.25) is 0 Å². The van der Waals surface area contributed by atoms with Crippen LogP contribution in [0.4, 0.5) is 0 Å². The monoisotopic (exact) mass is 229 g/mol. The maximum absolute atomic E-state index is 3.74. The molecule has 0 heterocycles. The smallest absolute Gasteiger partial charge is 0.0294 e. The first-order valence-electron chi connectivity index (χ1n) is 6.64. The van der Waals surface area contributed by atoms with Crippen LogP contribution in [-0.4, -0.2) is 6.04 Å². The predicted octanol–water partition coefficient (Wildman–Crippen LogP) is 4.06. The topological polar surface area (TPSA) is 12.0 Å². The Hall–Kier alpha value is -1.08. The molecule has 0 amide bonds. The summed E-state index contributed by atoms with van der Waals surface area (Å²) in [5.74, 6) is 0. The summed E-state index contributed by atoms with van der Waals surface area (Å²) < 4.78 is 0. The summed E-state index contributed by atoms with van der Waals surface area (Å²) in [4.78, 5) is 0. The largest absolute Gasteiger partial charge is 0.307 e. The molecule has 1 aromatic carbocycles. The van der Waals surface area contributed by atoms with Crippen LogP contribution in [0.15, 0.2) is 30.4 Å². The van der Waals surface area contributed by atoms with Crippen LogP contribution in [-0.2, 0) is 0 Å². The van der Waals surface area contributed by atoms with Gasteiger partial charge in [-0.1, -0.05) is 41.5 Å². The molecule has 0 fully saturated rings. The fraction of sp³-hybridized carbons (Fsp3) is 0.500. The molecule has 2 atom stereocenters. The molecule has 0 saturated carbocycles. The quantitative estimate of drug-likeness (QED) is 0.771. The lowest BCUT2D eigenvalue weighted by molar-refractivity contribution is 0.426. The Morgan fingerprint density at radius 2 is 1.82 bits per heavy atom. The van der Waals surface area contributed by atoms with Crippen molar-refractivity contribution in [3.05, 3.63) is 47.0 Å². The molecule has 1 nitrogen and oxygen atoms in total. The van der Waals surface area contributed by atoms with E-state index in [-0.39, 0.29) is 0 Å². The number of benzene rings is 1. The summed E-state index contributed by atoms with van der Waals surface area (Å²) in [6.07, 6.45) is 8.26. The van der Waals surface area contributed by atoms with Crippen molar-refractivity contribution in [3.8, 4) is 0 Å². The maximum atomic E-state index is 3.74. The van der Waals surface area contributed by atoms with Crippen LogP contribution < -0.4 is 5.32 Å².